The Morgan fingerprint density at radius 3 is 2.32 bits per heavy atom. The zero-order valence-corrected chi connectivity index (χ0v) is 10.5. The normalized spacial score (nSPS) is 10.3. The molecular formula is C17H14N2. The highest BCUT2D eigenvalue weighted by Gasteiger charge is 2.04. The lowest BCUT2D eigenvalue weighted by atomic mass is 10.1. The van der Waals surface area contributed by atoms with Gasteiger partial charge in [-0.15, -0.1) is 0 Å². The van der Waals surface area contributed by atoms with E-state index in [0.29, 0.717) is 0 Å². The van der Waals surface area contributed by atoms with Gasteiger partial charge in [-0.25, -0.2) is 4.98 Å². The number of imidazole rings is 1. The predicted molar refractivity (Wildman–Crippen MR) is 79.6 cm³/mol. The minimum absolute atomic E-state index is 0.884. The molecule has 3 aromatic rings. The maximum absolute atomic E-state index is 4.44. The van der Waals surface area contributed by atoms with Crippen molar-refractivity contribution >= 4 is 6.08 Å². The van der Waals surface area contributed by atoms with Gasteiger partial charge in [0.2, 0.25) is 0 Å². The fourth-order valence-electron chi connectivity index (χ4n) is 2.01. The Morgan fingerprint density at radius 2 is 1.63 bits per heavy atom. The van der Waals surface area contributed by atoms with Crippen molar-refractivity contribution in [1.82, 2.24) is 9.97 Å². The van der Waals surface area contributed by atoms with Crippen LogP contribution in [0, 0.1) is 0 Å². The number of benzene rings is 2. The largest absolute Gasteiger partial charge is 0.338 e. The highest BCUT2D eigenvalue weighted by atomic mass is 14.9. The molecular weight excluding hydrogens is 232 g/mol. The van der Waals surface area contributed by atoms with Gasteiger partial charge in [0.15, 0.2) is 0 Å². The van der Waals surface area contributed by atoms with E-state index >= 15 is 0 Å². The number of nitrogens with one attached hydrogen (secondary N) is 1. The molecule has 0 aliphatic carbocycles. The van der Waals surface area contributed by atoms with E-state index in [1.165, 1.54) is 0 Å². The molecule has 3 rings (SSSR count). The molecule has 0 aliphatic heterocycles. The van der Waals surface area contributed by atoms with Gasteiger partial charge in [-0.05, 0) is 11.1 Å². The molecule has 0 aliphatic rings. The lowest BCUT2D eigenvalue weighted by Crippen LogP contribution is -1.81. The van der Waals surface area contributed by atoms with Gasteiger partial charge in [0, 0.05) is 5.56 Å². The summed E-state index contributed by atoms with van der Waals surface area (Å²) in [5, 5.41) is 0. The van der Waals surface area contributed by atoms with Crippen molar-refractivity contribution in [2.75, 3.05) is 0 Å². The summed E-state index contributed by atoms with van der Waals surface area (Å²) >= 11 is 0. The second kappa shape index (κ2) is 4.94. The van der Waals surface area contributed by atoms with Crippen molar-refractivity contribution in [2.45, 2.75) is 0 Å². The van der Waals surface area contributed by atoms with Gasteiger partial charge in [-0.2, -0.15) is 0 Å². The van der Waals surface area contributed by atoms with Gasteiger partial charge >= 0.3 is 0 Å². The first-order chi connectivity index (χ1) is 9.36. The Hall–Kier alpha value is -2.61. The van der Waals surface area contributed by atoms with Gasteiger partial charge in [0.25, 0.3) is 0 Å². The van der Waals surface area contributed by atoms with E-state index in [-0.39, 0.29) is 0 Å². The average molecular weight is 246 g/mol. The van der Waals surface area contributed by atoms with Crippen LogP contribution < -0.4 is 0 Å². The summed E-state index contributed by atoms with van der Waals surface area (Å²) in [4.78, 5) is 7.78. The number of hydrogen-bond donors (Lipinski definition) is 1. The zero-order chi connectivity index (χ0) is 13.1. The third-order valence-electron chi connectivity index (χ3n) is 3.08. The third kappa shape index (κ3) is 2.33. The Bertz CT molecular complexity index is 679. The van der Waals surface area contributed by atoms with E-state index < -0.39 is 0 Å². The standard InChI is InChI=1S/C17H14N2/c1-2-13-8-10-15(11-9-13)17-18-12-16(19-17)14-6-4-3-5-7-14/h2-12H,1H2,(H,18,19). The van der Waals surface area contributed by atoms with Crippen LogP contribution >= 0.6 is 0 Å². The molecule has 0 atom stereocenters. The van der Waals surface area contributed by atoms with Crippen LogP contribution in [0.1, 0.15) is 5.56 Å². The van der Waals surface area contributed by atoms with Crippen LogP contribution in [-0.4, -0.2) is 9.97 Å². The predicted octanol–water partition coefficient (Wildman–Crippen LogP) is 4.39. The first-order valence-electron chi connectivity index (χ1n) is 6.20. The molecule has 1 aromatic heterocycles. The molecule has 1 heterocycles. The Labute approximate surface area is 112 Å². The van der Waals surface area contributed by atoms with Crippen LogP contribution in [0.15, 0.2) is 67.4 Å². The van der Waals surface area contributed by atoms with Gasteiger partial charge in [0.05, 0.1) is 11.9 Å². The molecule has 92 valence electrons. The molecule has 0 bridgehead atoms. The minimum atomic E-state index is 0.884. The molecule has 2 heteroatoms. The van der Waals surface area contributed by atoms with E-state index in [4.69, 9.17) is 0 Å². The molecule has 0 radical (unpaired) electrons. The van der Waals surface area contributed by atoms with Crippen molar-refractivity contribution in [3.8, 4) is 22.6 Å². The molecule has 0 amide bonds. The molecule has 2 aromatic carbocycles. The van der Waals surface area contributed by atoms with Crippen LogP contribution in [0.4, 0.5) is 0 Å². The molecule has 0 saturated heterocycles. The number of nitrogens with zero attached hydrogens (tertiary/aromatic N) is 1. The van der Waals surface area contributed by atoms with Gasteiger partial charge in [-0.1, -0.05) is 67.3 Å². The van der Waals surface area contributed by atoms with Crippen molar-refractivity contribution in [3.05, 3.63) is 72.9 Å². The smallest absolute Gasteiger partial charge is 0.137 e. The summed E-state index contributed by atoms with van der Waals surface area (Å²) in [5.41, 5.74) is 4.36. The van der Waals surface area contributed by atoms with Gasteiger partial charge < -0.3 is 4.98 Å². The zero-order valence-electron chi connectivity index (χ0n) is 10.5. The van der Waals surface area contributed by atoms with Gasteiger partial charge in [0.1, 0.15) is 5.82 Å². The monoisotopic (exact) mass is 246 g/mol. The van der Waals surface area contributed by atoms with E-state index in [1.807, 2.05) is 54.7 Å². The molecule has 1 N–H and O–H groups in total. The van der Waals surface area contributed by atoms with E-state index in [2.05, 4.69) is 28.7 Å². The fraction of sp³-hybridized carbons (Fsp3) is 0. The van der Waals surface area contributed by atoms with Crippen LogP contribution in [0.3, 0.4) is 0 Å². The Morgan fingerprint density at radius 1 is 0.895 bits per heavy atom. The van der Waals surface area contributed by atoms with Crippen molar-refractivity contribution < 1.29 is 0 Å². The van der Waals surface area contributed by atoms with Crippen molar-refractivity contribution in [3.63, 3.8) is 0 Å². The highest BCUT2D eigenvalue weighted by Crippen LogP contribution is 2.22. The molecule has 0 fully saturated rings. The first-order valence-corrected chi connectivity index (χ1v) is 6.20. The quantitative estimate of drug-likeness (QED) is 0.729. The van der Waals surface area contributed by atoms with Crippen LogP contribution in [0.5, 0.6) is 0 Å². The Kier molecular flexibility index (Phi) is 2.99. The van der Waals surface area contributed by atoms with E-state index in [1.54, 1.807) is 0 Å². The lowest BCUT2D eigenvalue weighted by molar-refractivity contribution is 1.31. The second-order valence-electron chi connectivity index (χ2n) is 4.34. The molecule has 19 heavy (non-hydrogen) atoms. The number of H-pyrrole nitrogens is 1. The highest BCUT2D eigenvalue weighted by molar-refractivity contribution is 5.65. The SMILES string of the molecule is C=Cc1ccc(-c2ncc(-c3ccccc3)[nH]2)cc1. The maximum atomic E-state index is 4.44. The van der Waals surface area contributed by atoms with Crippen LogP contribution in [-0.2, 0) is 0 Å². The molecule has 0 saturated carbocycles. The van der Waals surface area contributed by atoms with Crippen molar-refractivity contribution in [2.24, 2.45) is 0 Å². The van der Waals surface area contributed by atoms with E-state index in [0.717, 1.165) is 28.2 Å². The molecule has 2 nitrogen and oxygen atoms in total. The lowest BCUT2D eigenvalue weighted by Gasteiger charge is -1.99. The summed E-state index contributed by atoms with van der Waals surface area (Å²) in [5.74, 6) is 0.884. The topological polar surface area (TPSA) is 28.7 Å². The second-order valence-corrected chi connectivity index (χ2v) is 4.34. The number of rotatable bonds is 3. The summed E-state index contributed by atoms with van der Waals surface area (Å²) < 4.78 is 0. The average Bonchev–Trinajstić information content (AvgIpc) is 2.98. The summed E-state index contributed by atoms with van der Waals surface area (Å²) in [7, 11) is 0. The summed E-state index contributed by atoms with van der Waals surface area (Å²) in [6.45, 7) is 3.75. The van der Waals surface area contributed by atoms with Crippen LogP contribution in [0.25, 0.3) is 28.7 Å². The number of hydrogen-bond acceptors (Lipinski definition) is 1. The molecule has 0 unspecified atom stereocenters. The molecule has 0 spiro atoms. The number of aromatic nitrogens is 2. The Balaban J connectivity index is 1.94. The minimum Gasteiger partial charge on any atom is -0.338 e. The van der Waals surface area contributed by atoms with Crippen molar-refractivity contribution in [1.29, 1.82) is 0 Å². The van der Waals surface area contributed by atoms with E-state index in [9.17, 15) is 0 Å². The number of aromatic amines is 1. The summed E-state index contributed by atoms with van der Waals surface area (Å²) in [6, 6.07) is 18.4. The van der Waals surface area contributed by atoms with Gasteiger partial charge in [-0.3, -0.25) is 0 Å². The first kappa shape index (κ1) is 11.5. The maximum Gasteiger partial charge on any atom is 0.137 e. The fourth-order valence-corrected chi connectivity index (χ4v) is 2.01. The third-order valence-corrected chi connectivity index (χ3v) is 3.08. The van der Waals surface area contributed by atoms with Crippen LogP contribution in [0.2, 0.25) is 0 Å². The summed E-state index contributed by atoms with van der Waals surface area (Å²) in [6.07, 6.45) is 3.70.